The van der Waals surface area contributed by atoms with Gasteiger partial charge in [-0.2, -0.15) is 5.10 Å². The van der Waals surface area contributed by atoms with Crippen LogP contribution in [0.15, 0.2) is 76.2 Å². The molecular formula is C27H21FN2O4. The molecule has 5 rings (SSSR count). The summed E-state index contributed by atoms with van der Waals surface area (Å²) in [6, 6.07) is 18.4. The van der Waals surface area contributed by atoms with Gasteiger partial charge in [-0.15, -0.1) is 0 Å². The molecule has 0 fully saturated rings. The number of nitrogens with zero attached hydrogens (tertiary/aromatic N) is 1. The molecule has 0 saturated carbocycles. The van der Waals surface area contributed by atoms with Gasteiger partial charge in [0.1, 0.15) is 17.3 Å². The minimum atomic E-state index is -0.585. The zero-order chi connectivity index (χ0) is 23.7. The van der Waals surface area contributed by atoms with Crippen molar-refractivity contribution in [1.29, 1.82) is 0 Å². The van der Waals surface area contributed by atoms with Crippen molar-refractivity contribution < 1.29 is 23.1 Å². The number of ether oxygens (including phenoxy) is 1. The largest absolute Gasteiger partial charge is 0.453 e. The Morgan fingerprint density at radius 3 is 2.59 bits per heavy atom. The SMILES string of the molecule is Cc1c(C(=O)Oc2cccc3ccccc23)oc2c1/C(=N/NC(=O)c1ccc(F)cc1)CCC2. The molecule has 0 saturated heterocycles. The first-order valence-corrected chi connectivity index (χ1v) is 11.0. The second-order valence-electron chi connectivity index (χ2n) is 8.08. The number of benzene rings is 3. The Hall–Kier alpha value is -4.26. The molecule has 0 atom stereocenters. The highest BCUT2D eigenvalue weighted by Crippen LogP contribution is 2.32. The van der Waals surface area contributed by atoms with Gasteiger partial charge in [0.05, 0.1) is 5.71 Å². The van der Waals surface area contributed by atoms with Crippen LogP contribution in [0.1, 0.15) is 50.6 Å². The van der Waals surface area contributed by atoms with Crippen molar-refractivity contribution >= 4 is 28.4 Å². The molecule has 34 heavy (non-hydrogen) atoms. The molecule has 0 spiro atoms. The van der Waals surface area contributed by atoms with Crippen molar-refractivity contribution in [3.05, 3.63) is 101 Å². The number of nitrogens with one attached hydrogen (secondary N) is 1. The number of rotatable bonds is 4. The van der Waals surface area contributed by atoms with Crippen LogP contribution in [-0.4, -0.2) is 17.6 Å². The fourth-order valence-corrected chi connectivity index (χ4v) is 4.19. The number of carbonyl (C=O) groups is 2. The first kappa shape index (κ1) is 21.6. The van der Waals surface area contributed by atoms with Gasteiger partial charge in [0.25, 0.3) is 5.91 Å². The van der Waals surface area contributed by atoms with E-state index in [2.05, 4.69) is 10.5 Å². The maximum atomic E-state index is 13.1. The number of aryl methyl sites for hydroxylation is 1. The number of carbonyl (C=O) groups excluding carboxylic acids is 2. The van der Waals surface area contributed by atoms with E-state index in [1.165, 1.54) is 24.3 Å². The van der Waals surface area contributed by atoms with Crippen molar-refractivity contribution in [1.82, 2.24) is 5.43 Å². The molecular weight excluding hydrogens is 435 g/mol. The summed E-state index contributed by atoms with van der Waals surface area (Å²) in [5.74, 6) is -0.232. The number of halogens is 1. The zero-order valence-corrected chi connectivity index (χ0v) is 18.4. The Labute approximate surface area is 195 Å². The van der Waals surface area contributed by atoms with Crippen molar-refractivity contribution in [3.8, 4) is 5.75 Å². The van der Waals surface area contributed by atoms with Crippen LogP contribution in [0, 0.1) is 12.7 Å². The molecule has 170 valence electrons. The van der Waals surface area contributed by atoms with Gasteiger partial charge in [0, 0.05) is 28.5 Å². The van der Waals surface area contributed by atoms with Gasteiger partial charge in [-0.3, -0.25) is 4.79 Å². The highest BCUT2D eigenvalue weighted by Gasteiger charge is 2.29. The first-order valence-electron chi connectivity index (χ1n) is 11.0. The fourth-order valence-electron chi connectivity index (χ4n) is 4.19. The van der Waals surface area contributed by atoms with Crippen LogP contribution in [0.4, 0.5) is 4.39 Å². The summed E-state index contributed by atoms with van der Waals surface area (Å²) in [5.41, 5.74) is 4.78. The van der Waals surface area contributed by atoms with Crippen LogP contribution in [0.2, 0.25) is 0 Å². The van der Waals surface area contributed by atoms with Gasteiger partial charge in [0.2, 0.25) is 5.76 Å². The molecule has 1 N–H and O–H groups in total. The monoisotopic (exact) mass is 456 g/mol. The van der Waals surface area contributed by atoms with Gasteiger partial charge in [-0.1, -0.05) is 36.4 Å². The smallest absolute Gasteiger partial charge is 0.379 e. The summed E-state index contributed by atoms with van der Waals surface area (Å²) in [7, 11) is 0. The lowest BCUT2D eigenvalue weighted by Gasteiger charge is -2.13. The number of hydrazone groups is 1. The topological polar surface area (TPSA) is 80.9 Å². The van der Waals surface area contributed by atoms with Crippen LogP contribution in [0.25, 0.3) is 10.8 Å². The van der Waals surface area contributed by atoms with Crippen LogP contribution in [0.3, 0.4) is 0 Å². The van der Waals surface area contributed by atoms with Gasteiger partial charge < -0.3 is 9.15 Å². The molecule has 1 aromatic heterocycles. The standard InChI is InChI=1S/C27H21FN2O4/c1-16-24-21(29-30-26(31)18-12-14-19(28)15-13-18)9-5-11-23(24)33-25(16)27(32)34-22-10-4-7-17-6-2-3-8-20(17)22/h2-4,6-8,10,12-15H,5,9,11H2,1H3,(H,30,31)/b29-21+. The molecule has 1 heterocycles. The third kappa shape index (κ3) is 4.08. The van der Waals surface area contributed by atoms with Crippen molar-refractivity contribution in [3.63, 3.8) is 0 Å². The maximum Gasteiger partial charge on any atom is 0.379 e. The van der Waals surface area contributed by atoms with E-state index < -0.39 is 17.7 Å². The van der Waals surface area contributed by atoms with E-state index in [0.717, 1.165) is 22.8 Å². The summed E-state index contributed by atoms with van der Waals surface area (Å²) < 4.78 is 24.7. The molecule has 0 aliphatic heterocycles. The number of furan rings is 1. The Kier molecular flexibility index (Phi) is 5.67. The number of esters is 1. The third-order valence-corrected chi connectivity index (χ3v) is 5.86. The average Bonchev–Trinajstić information content (AvgIpc) is 3.20. The Balaban J connectivity index is 1.40. The van der Waals surface area contributed by atoms with E-state index >= 15 is 0 Å². The van der Waals surface area contributed by atoms with E-state index in [4.69, 9.17) is 9.15 Å². The fraction of sp³-hybridized carbons (Fsp3) is 0.148. The summed E-state index contributed by atoms with van der Waals surface area (Å²) in [6.07, 6.45) is 2.04. The molecule has 7 heteroatoms. The molecule has 1 aliphatic carbocycles. The van der Waals surface area contributed by atoms with Gasteiger partial charge >= 0.3 is 5.97 Å². The normalized spacial score (nSPS) is 14.1. The van der Waals surface area contributed by atoms with Crippen LogP contribution < -0.4 is 10.2 Å². The predicted octanol–water partition coefficient (Wildman–Crippen LogP) is 5.57. The van der Waals surface area contributed by atoms with E-state index in [9.17, 15) is 14.0 Å². The van der Waals surface area contributed by atoms with Crippen molar-refractivity contribution in [2.24, 2.45) is 5.10 Å². The van der Waals surface area contributed by atoms with Gasteiger partial charge in [-0.05, 0) is 55.5 Å². The van der Waals surface area contributed by atoms with E-state index in [-0.39, 0.29) is 5.76 Å². The molecule has 1 amide bonds. The van der Waals surface area contributed by atoms with Crippen molar-refractivity contribution in [2.75, 3.05) is 0 Å². The van der Waals surface area contributed by atoms with Crippen LogP contribution >= 0.6 is 0 Å². The third-order valence-electron chi connectivity index (χ3n) is 5.86. The molecule has 0 bridgehead atoms. The van der Waals surface area contributed by atoms with E-state index in [1.807, 2.05) is 36.4 Å². The van der Waals surface area contributed by atoms with E-state index in [0.29, 0.717) is 41.2 Å². The summed E-state index contributed by atoms with van der Waals surface area (Å²) in [6.45, 7) is 1.78. The second kappa shape index (κ2) is 8.94. The van der Waals surface area contributed by atoms with E-state index in [1.54, 1.807) is 13.0 Å². The van der Waals surface area contributed by atoms with Crippen molar-refractivity contribution in [2.45, 2.75) is 26.2 Å². The Morgan fingerprint density at radius 2 is 1.76 bits per heavy atom. The quantitative estimate of drug-likeness (QED) is 0.247. The molecule has 4 aromatic rings. The lowest BCUT2D eigenvalue weighted by atomic mass is 9.93. The lowest BCUT2D eigenvalue weighted by Crippen LogP contribution is -2.22. The lowest BCUT2D eigenvalue weighted by molar-refractivity contribution is 0.0700. The summed E-state index contributed by atoms with van der Waals surface area (Å²) in [5, 5.41) is 6.09. The Morgan fingerprint density at radius 1 is 1.00 bits per heavy atom. The number of amides is 1. The number of hydrogen-bond donors (Lipinski definition) is 1. The van der Waals surface area contributed by atoms with Crippen LogP contribution in [-0.2, 0) is 6.42 Å². The predicted molar refractivity (Wildman–Crippen MR) is 126 cm³/mol. The highest BCUT2D eigenvalue weighted by molar-refractivity contribution is 6.07. The highest BCUT2D eigenvalue weighted by atomic mass is 19.1. The first-order chi connectivity index (χ1) is 16.5. The zero-order valence-electron chi connectivity index (χ0n) is 18.4. The molecule has 3 aromatic carbocycles. The summed E-state index contributed by atoms with van der Waals surface area (Å²) in [4.78, 5) is 25.4. The number of hydrogen-bond acceptors (Lipinski definition) is 5. The van der Waals surface area contributed by atoms with Gasteiger partial charge in [0.15, 0.2) is 0 Å². The minimum Gasteiger partial charge on any atom is -0.453 e. The Bertz CT molecular complexity index is 1430. The average molecular weight is 456 g/mol. The van der Waals surface area contributed by atoms with Crippen LogP contribution in [0.5, 0.6) is 5.75 Å². The summed E-state index contributed by atoms with van der Waals surface area (Å²) >= 11 is 0. The maximum absolute atomic E-state index is 13.1. The molecule has 6 nitrogen and oxygen atoms in total. The molecule has 1 aliphatic rings. The molecule has 0 unspecified atom stereocenters. The number of fused-ring (bicyclic) bond motifs is 2. The minimum absolute atomic E-state index is 0.123. The second-order valence-corrected chi connectivity index (χ2v) is 8.08. The molecule has 0 radical (unpaired) electrons. The van der Waals surface area contributed by atoms with Gasteiger partial charge in [-0.25, -0.2) is 14.6 Å².